The monoisotopic (exact) mass is 405 g/mol. The zero-order chi connectivity index (χ0) is 22.0. The van der Waals surface area contributed by atoms with Gasteiger partial charge < -0.3 is 42.7 Å². The first kappa shape index (κ1) is 25.2. The van der Waals surface area contributed by atoms with E-state index >= 15 is 0 Å². The second-order valence-electron chi connectivity index (χ2n) is 6.33. The number of carbonyl (C=O) groups excluding carboxylic acids is 4. The second kappa shape index (κ2) is 11.8. The van der Waals surface area contributed by atoms with Gasteiger partial charge in [0.2, 0.25) is 23.6 Å². The van der Waals surface area contributed by atoms with Crippen LogP contribution in [-0.4, -0.2) is 82.3 Å². The van der Waals surface area contributed by atoms with Crippen LogP contribution in [0.3, 0.4) is 0 Å². The lowest BCUT2D eigenvalue weighted by atomic mass is 10.0. The Kier molecular flexibility index (Phi) is 10.7. The van der Waals surface area contributed by atoms with Crippen LogP contribution in [0.1, 0.15) is 20.3 Å². The minimum atomic E-state index is -1.54. The van der Waals surface area contributed by atoms with E-state index in [9.17, 15) is 29.1 Å². The van der Waals surface area contributed by atoms with E-state index in [0.29, 0.717) is 0 Å². The third-order valence-corrected chi connectivity index (χ3v) is 3.62. The predicted octanol–water partition coefficient (Wildman–Crippen LogP) is -4.63. The number of nitrogens with one attached hydrogen (secondary N) is 3. The summed E-state index contributed by atoms with van der Waals surface area (Å²) in [6, 6.07) is -5.69. The van der Waals surface area contributed by atoms with Crippen molar-refractivity contribution in [3.05, 3.63) is 0 Å². The highest BCUT2D eigenvalue weighted by molar-refractivity contribution is 5.96. The molecule has 0 aliphatic heterocycles. The van der Waals surface area contributed by atoms with E-state index in [2.05, 4.69) is 16.0 Å². The Morgan fingerprint density at radius 3 is 1.75 bits per heavy atom. The molecule has 4 amide bonds. The van der Waals surface area contributed by atoms with Gasteiger partial charge in [-0.15, -0.1) is 0 Å². The molecule has 0 aromatic rings. The summed E-state index contributed by atoms with van der Waals surface area (Å²) in [7, 11) is 0. The molecule has 0 saturated heterocycles. The number of aliphatic hydroxyl groups excluding tert-OH is 2. The van der Waals surface area contributed by atoms with Crippen molar-refractivity contribution < 1.29 is 39.3 Å². The average Bonchev–Trinajstić information content (AvgIpc) is 2.61. The van der Waals surface area contributed by atoms with Crippen molar-refractivity contribution in [3.63, 3.8) is 0 Å². The number of nitrogens with two attached hydrogens (primary N) is 2. The Labute approximate surface area is 160 Å². The molecule has 0 aromatic heterocycles. The number of carbonyl (C=O) groups is 5. The topological polar surface area (TPSA) is 234 Å². The Bertz CT molecular complexity index is 597. The largest absolute Gasteiger partial charge is 0.480 e. The van der Waals surface area contributed by atoms with Crippen molar-refractivity contribution in [1.29, 1.82) is 0 Å². The Morgan fingerprint density at radius 1 is 0.857 bits per heavy atom. The number of hydrogen-bond acceptors (Lipinski definition) is 8. The molecular formula is C15H27N5O8. The van der Waals surface area contributed by atoms with E-state index in [0.717, 1.165) is 0 Å². The maximum atomic E-state index is 12.3. The van der Waals surface area contributed by atoms with Gasteiger partial charge in [0.1, 0.15) is 24.2 Å². The predicted molar refractivity (Wildman–Crippen MR) is 94.2 cm³/mol. The fraction of sp³-hybridized carbons (Fsp3) is 0.667. The molecule has 4 atom stereocenters. The van der Waals surface area contributed by atoms with Gasteiger partial charge >= 0.3 is 5.97 Å². The maximum Gasteiger partial charge on any atom is 0.326 e. The Balaban J connectivity index is 5.26. The Morgan fingerprint density at radius 2 is 1.36 bits per heavy atom. The number of amides is 4. The van der Waals surface area contributed by atoms with Crippen LogP contribution in [0.4, 0.5) is 0 Å². The minimum absolute atomic E-state index is 0.490. The smallest absolute Gasteiger partial charge is 0.326 e. The van der Waals surface area contributed by atoms with Gasteiger partial charge in [-0.2, -0.15) is 0 Å². The fourth-order valence-corrected chi connectivity index (χ4v) is 2.01. The molecule has 0 aliphatic rings. The van der Waals surface area contributed by atoms with E-state index in [1.54, 1.807) is 13.8 Å². The molecule has 0 bridgehead atoms. The first-order valence-corrected chi connectivity index (χ1v) is 8.34. The number of carboxylic acids is 1. The van der Waals surface area contributed by atoms with Crippen LogP contribution in [0.15, 0.2) is 0 Å². The summed E-state index contributed by atoms with van der Waals surface area (Å²) in [5, 5.41) is 33.6. The summed E-state index contributed by atoms with van der Waals surface area (Å²) >= 11 is 0. The van der Waals surface area contributed by atoms with Crippen molar-refractivity contribution in [2.45, 2.75) is 44.4 Å². The molecule has 13 nitrogen and oxygen atoms in total. The SMILES string of the molecule is CC(C)C(NC(=O)C(CC(N)=O)NC(=O)C(CO)NC(=O)C(N)CO)C(=O)O. The highest BCUT2D eigenvalue weighted by atomic mass is 16.4. The van der Waals surface area contributed by atoms with Crippen LogP contribution in [0.25, 0.3) is 0 Å². The third kappa shape index (κ3) is 8.28. The van der Waals surface area contributed by atoms with E-state index in [4.69, 9.17) is 21.7 Å². The first-order chi connectivity index (χ1) is 12.9. The van der Waals surface area contributed by atoms with Crippen LogP contribution in [0, 0.1) is 5.92 Å². The van der Waals surface area contributed by atoms with Gasteiger partial charge in [-0.05, 0) is 5.92 Å². The van der Waals surface area contributed by atoms with E-state index in [-0.39, 0.29) is 0 Å². The fourth-order valence-electron chi connectivity index (χ4n) is 2.01. The molecule has 28 heavy (non-hydrogen) atoms. The molecule has 0 radical (unpaired) electrons. The lowest BCUT2D eigenvalue weighted by molar-refractivity contribution is -0.143. The van der Waals surface area contributed by atoms with Crippen molar-refractivity contribution in [2.24, 2.45) is 17.4 Å². The van der Waals surface area contributed by atoms with Gasteiger partial charge in [0.15, 0.2) is 0 Å². The van der Waals surface area contributed by atoms with Gasteiger partial charge in [0, 0.05) is 0 Å². The lowest BCUT2D eigenvalue weighted by Gasteiger charge is -2.24. The molecule has 0 aliphatic carbocycles. The average molecular weight is 405 g/mol. The highest BCUT2D eigenvalue weighted by Crippen LogP contribution is 2.04. The number of rotatable bonds is 12. The number of aliphatic hydroxyl groups is 2. The Hall–Kier alpha value is -2.77. The molecule has 0 spiro atoms. The van der Waals surface area contributed by atoms with E-state index < -0.39 is 79.3 Å². The molecule has 4 unspecified atom stereocenters. The molecule has 10 N–H and O–H groups in total. The summed E-state index contributed by atoms with van der Waals surface area (Å²) in [5.41, 5.74) is 10.3. The van der Waals surface area contributed by atoms with Crippen LogP contribution in [0.5, 0.6) is 0 Å². The maximum absolute atomic E-state index is 12.3. The van der Waals surface area contributed by atoms with Gasteiger partial charge in [-0.1, -0.05) is 13.8 Å². The molecule has 0 fully saturated rings. The number of hydrogen-bond donors (Lipinski definition) is 8. The summed E-state index contributed by atoms with van der Waals surface area (Å²) < 4.78 is 0. The standard InChI is InChI=1S/C15H27N5O8/c1-6(2)11(15(27)28)20-13(25)8(3-10(17)23)18-14(26)9(5-22)19-12(24)7(16)4-21/h6-9,11,21-22H,3-5,16H2,1-2H3,(H2,17,23)(H,18,26)(H,19,24)(H,20,25)(H,27,28). The normalized spacial score (nSPS) is 15.1. The molecule has 0 saturated carbocycles. The summed E-state index contributed by atoms with van der Waals surface area (Å²) in [6.07, 6.45) is -0.649. The molecule has 0 aromatic carbocycles. The first-order valence-electron chi connectivity index (χ1n) is 8.34. The van der Waals surface area contributed by atoms with Gasteiger partial charge in [-0.3, -0.25) is 19.2 Å². The van der Waals surface area contributed by atoms with E-state index in [1.165, 1.54) is 0 Å². The second-order valence-corrected chi connectivity index (χ2v) is 6.33. The minimum Gasteiger partial charge on any atom is -0.480 e. The number of primary amides is 1. The van der Waals surface area contributed by atoms with Crippen LogP contribution in [-0.2, 0) is 24.0 Å². The molecule has 0 heterocycles. The van der Waals surface area contributed by atoms with Crippen LogP contribution >= 0.6 is 0 Å². The lowest BCUT2D eigenvalue weighted by Crippen LogP contribution is -2.59. The zero-order valence-electron chi connectivity index (χ0n) is 15.5. The van der Waals surface area contributed by atoms with Crippen molar-refractivity contribution in [2.75, 3.05) is 13.2 Å². The van der Waals surface area contributed by atoms with Crippen LogP contribution < -0.4 is 27.4 Å². The quantitative estimate of drug-likeness (QED) is 0.156. The van der Waals surface area contributed by atoms with Crippen molar-refractivity contribution >= 4 is 29.6 Å². The number of carboxylic acid groups (broad SMARTS) is 1. The van der Waals surface area contributed by atoms with Crippen LogP contribution in [0.2, 0.25) is 0 Å². The van der Waals surface area contributed by atoms with Crippen molar-refractivity contribution in [1.82, 2.24) is 16.0 Å². The molecule has 0 rings (SSSR count). The third-order valence-electron chi connectivity index (χ3n) is 3.62. The number of aliphatic carboxylic acids is 1. The molecule has 160 valence electrons. The summed E-state index contributed by atoms with van der Waals surface area (Å²) in [6.45, 7) is 1.51. The van der Waals surface area contributed by atoms with Crippen molar-refractivity contribution in [3.8, 4) is 0 Å². The van der Waals surface area contributed by atoms with Gasteiger partial charge in [0.05, 0.1) is 19.6 Å². The molecule has 13 heteroatoms. The van der Waals surface area contributed by atoms with Gasteiger partial charge in [0.25, 0.3) is 0 Å². The highest BCUT2D eigenvalue weighted by Gasteiger charge is 2.31. The molecular weight excluding hydrogens is 378 g/mol. The van der Waals surface area contributed by atoms with E-state index in [1.807, 2.05) is 0 Å². The van der Waals surface area contributed by atoms with Gasteiger partial charge in [-0.25, -0.2) is 4.79 Å². The zero-order valence-corrected chi connectivity index (χ0v) is 15.5. The summed E-state index contributed by atoms with van der Waals surface area (Å²) in [4.78, 5) is 58.6. The summed E-state index contributed by atoms with van der Waals surface area (Å²) in [5.74, 6) is -5.72.